The minimum absolute atomic E-state index is 0.00426. The summed E-state index contributed by atoms with van der Waals surface area (Å²) >= 11 is 0. The van der Waals surface area contributed by atoms with Crippen LogP contribution in [-0.4, -0.2) is 82.2 Å². The minimum Gasteiger partial charge on any atom is -0.481 e. The van der Waals surface area contributed by atoms with Gasteiger partial charge >= 0.3 is 18.3 Å². The maximum absolute atomic E-state index is 15.1. The topological polar surface area (TPSA) is 112 Å². The molecule has 2 aliphatic rings. The van der Waals surface area contributed by atoms with E-state index < -0.39 is 63.9 Å². The molecule has 9 nitrogen and oxygen atoms in total. The second-order valence-corrected chi connectivity index (χ2v) is 13.7. The van der Waals surface area contributed by atoms with Gasteiger partial charge in [-0.25, -0.2) is 0 Å². The van der Waals surface area contributed by atoms with Crippen molar-refractivity contribution in [3.05, 3.63) is 94.8 Å². The van der Waals surface area contributed by atoms with E-state index in [1.54, 1.807) is 25.1 Å². The van der Waals surface area contributed by atoms with Crippen LogP contribution < -0.4 is 4.74 Å². The van der Waals surface area contributed by atoms with Crippen molar-refractivity contribution < 1.29 is 50.6 Å². The van der Waals surface area contributed by atoms with E-state index in [1.807, 2.05) is 24.3 Å². The van der Waals surface area contributed by atoms with Gasteiger partial charge in [0.15, 0.2) is 0 Å². The lowest BCUT2D eigenvalue weighted by Crippen LogP contribution is -2.68. The number of benzene rings is 2. The number of halogens is 6. The number of carboxylic acid groups (broad SMARTS) is 1. The Bertz CT molecular complexity index is 1840. The van der Waals surface area contributed by atoms with Crippen molar-refractivity contribution in [2.24, 2.45) is 4.99 Å². The number of nitrogens with zero attached hydrogens (tertiary/aromatic N) is 4. The van der Waals surface area contributed by atoms with Gasteiger partial charge in [0.25, 0.3) is 11.8 Å². The summed E-state index contributed by atoms with van der Waals surface area (Å²) in [4.78, 5) is 51.5. The lowest BCUT2D eigenvalue weighted by atomic mass is 9.71. The highest BCUT2D eigenvalue weighted by molar-refractivity contribution is 5.97. The van der Waals surface area contributed by atoms with Gasteiger partial charge in [0.05, 0.1) is 22.7 Å². The van der Waals surface area contributed by atoms with Crippen LogP contribution in [0.1, 0.15) is 84.5 Å². The molecule has 2 atom stereocenters. The fraction of sp³-hybridized carbons (Fsp3) is 0.462. The predicted molar refractivity (Wildman–Crippen MR) is 187 cm³/mol. The van der Waals surface area contributed by atoms with Crippen molar-refractivity contribution >= 4 is 24.0 Å². The van der Waals surface area contributed by atoms with E-state index in [4.69, 9.17) is 4.74 Å². The lowest BCUT2D eigenvalue weighted by Gasteiger charge is -2.51. The Morgan fingerprint density at radius 1 is 0.963 bits per heavy atom. The van der Waals surface area contributed by atoms with Gasteiger partial charge in [-0.3, -0.25) is 24.4 Å². The van der Waals surface area contributed by atoms with Crippen LogP contribution in [0.15, 0.2) is 72.0 Å². The molecular formula is C39H42F6N4O5. The molecular weight excluding hydrogens is 718 g/mol. The fourth-order valence-electron chi connectivity index (χ4n) is 7.85. The zero-order valence-corrected chi connectivity index (χ0v) is 29.9. The first-order valence-corrected chi connectivity index (χ1v) is 17.8. The Kier molecular flexibility index (Phi) is 12.1. The summed E-state index contributed by atoms with van der Waals surface area (Å²) in [5, 5.41) is 9.36. The van der Waals surface area contributed by atoms with Gasteiger partial charge < -0.3 is 19.6 Å². The summed E-state index contributed by atoms with van der Waals surface area (Å²) in [6.07, 6.45) is -4.26. The quantitative estimate of drug-likeness (QED) is 0.159. The number of aromatic nitrogens is 1. The largest absolute Gasteiger partial charge is 0.481 e. The van der Waals surface area contributed by atoms with Crippen LogP contribution in [0.2, 0.25) is 0 Å². The Hall–Kier alpha value is -4.95. The first-order valence-electron chi connectivity index (χ1n) is 17.8. The molecule has 0 radical (unpaired) electrons. The number of carbonyl (C=O) groups excluding carboxylic acids is 2. The van der Waals surface area contributed by atoms with Crippen LogP contribution in [0.4, 0.5) is 26.3 Å². The summed E-state index contributed by atoms with van der Waals surface area (Å²) < 4.78 is 89.2. The number of aryl methyl sites for hydroxylation is 1. The highest BCUT2D eigenvalue weighted by Crippen LogP contribution is 2.43. The number of pyridine rings is 1. The van der Waals surface area contributed by atoms with Crippen LogP contribution in [0, 0.1) is 0 Å². The summed E-state index contributed by atoms with van der Waals surface area (Å²) in [5.74, 6) is -2.54. The molecule has 0 saturated carbocycles. The van der Waals surface area contributed by atoms with E-state index in [0.29, 0.717) is 25.3 Å². The van der Waals surface area contributed by atoms with Crippen LogP contribution in [-0.2, 0) is 33.8 Å². The molecule has 1 aromatic heterocycles. The molecule has 2 aromatic carbocycles. The molecule has 0 spiro atoms. The van der Waals surface area contributed by atoms with Gasteiger partial charge in [-0.05, 0) is 73.6 Å². The highest BCUT2D eigenvalue weighted by atomic mass is 19.4. The number of aliphatic carboxylic acids is 1. The number of amides is 2. The van der Waals surface area contributed by atoms with Crippen molar-refractivity contribution in [1.29, 1.82) is 0 Å². The molecule has 54 heavy (non-hydrogen) atoms. The molecule has 3 heterocycles. The van der Waals surface area contributed by atoms with Gasteiger partial charge in [-0.15, -0.1) is 0 Å². The van der Waals surface area contributed by atoms with E-state index >= 15 is 4.79 Å². The minimum atomic E-state index is -4.87. The third kappa shape index (κ3) is 8.39. The standard InChI is InChI=1S/C39H42F6N4O5/c1-3-7-32-37(54-28-13-11-27(12-14-28)38(40,41)42,17-6-21-49(32)34(52)29-24-47-20-16-31(29)39(43,44)45)35(53)48-22-18-36(19-23-48,25-46-2)30-9-5-4-8-26(30)10-15-33(50)51/h4-5,8-9,11-14,16,20,24-25,32H,3,6-7,10,15,17-19,21-23H2,1-2H3,(H,50,51)/b46-25-/t32-,37+/m1/s1. The van der Waals surface area contributed by atoms with E-state index in [2.05, 4.69) is 9.98 Å². The Balaban J connectivity index is 1.55. The molecule has 15 heteroatoms. The zero-order valence-electron chi connectivity index (χ0n) is 29.9. The van der Waals surface area contributed by atoms with Crippen LogP contribution in [0.3, 0.4) is 0 Å². The third-order valence-electron chi connectivity index (χ3n) is 10.4. The average Bonchev–Trinajstić information content (AvgIpc) is 3.14. The molecule has 0 bridgehead atoms. The molecule has 2 fully saturated rings. The van der Waals surface area contributed by atoms with E-state index in [9.17, 15) is 41.0 Å². The number of likely N-dealkylation sites (tertiary alicyclic amines) is 2. The van der Waals surface area contributed by atoms with Crippen molar-refractivity contribution in [1.82, 2.24) is 14.8 Å². The summed E-state index contributed by atoms with van der Waals surface area (Å²) in [6.45, 7) is 2.13. The van der Waals surface area contributed by atoms with E-state index in [0.717, 1.165) is 47.8 Å². The van der Waals surface area contributed by atoms with Crippen molar-refractivity contribution in [2.75, 3.05) is 26.7 Å². The van der Waals surface area contributed by atoms with Crippen molar-refractivity contribution in [3.63, 3.8) is 0 Å². The maximum Gasteiger partial charge on any atom is 0.417 e. The number of carbonyl (C=O) groups is 3. The highest BCUT2D eigenvalue weighted by Gasteiger charge is 2.56. The SMILES string of the molecule is CCC[C@H]1N(C(=O)c2cnccc2C(F)(F)F)CCC[C@@]1(Oc1ccc(C(F)(F)F)cc1)C(=O)N1CCC(/C=N\C)(c2ccccc2CCC(=O)O)CC1. The first-order chi connectivity index (χ1) is 25.6. The van der Waals surface area contributed by atoms with E-state index in [1.165, 1.54) is 4.90 Å². The monoisotopic (exact) mass is 760 g/mol. The molecule has 5 rings (SSSR count). The smallest absolute Gasteiger partial charge is 0.417 e. The number of alkyl halides is 6. The number of hydrogen-bond acceptors (Lipinski definition) is 6. The molecule has 290 valence electrons. The number of ether oxygens (including phenoxy) is 1. The molecule has 2 aliphatic heterocycles. The lowest BCUT2D eigenvalue weighted by molar-refractivity contribution is -0.160. The van der Waals surface area contributed by atoms with Gasteiger partial charge in [-0.2, -0.15) is 26.3 Å². The maximum atomic E-state index is 15.1. The van der Waals surface area contributed by atoms with Crippen LogP contribution in [0.5, 0.6) is 5.75 Å². The van der Waals surface area contributed by atoms with Gasteiger partial charge in [-0.1, -0.05) is 37.6 Å². The summed E-state index contributed by atoms with van der Waals surface area (Å²) in [6, 6.07) is 10.9. The Morgan fingerprint density at radius 2 is 1.65 bits per heavy atom. The molecule has 2 amide bonds. The number of carboxylic acids is 1. The number of piperidine rings is 2. The summed E-state index contributed by atoms with van der Waals surface area (Å²) in [5.41, 5.74) is -3.62. The Labute approximate surface area is 309 Å². The second kappa shape index (κ2) is 16.2. The average molecular weight is 761 g/mol. The van der Waals surface area contributed by atoms with Gasteiger partial charge in [0.2, 0.25) is 5.60 Å². The van der Waals surface area contributed by atoms with Crippen LogP contribution in [0.25, 0.3) is 0 Å². The van der Waals surface area contributed by atoms with Gasteiger partial charge in [0, 0.05) is 63.5 Å². The molecule has 3 aromatic rings. The molecule has 0 unspecified atom stereocenters. The Morgan fingerprint density at radius 3 is 2.26 bits per heavy atom. The predicted octanol–water partition coefficient (Wildman–Crippen LogP) is 7.62. The van der Waals surface area contributed by atoms with Gasteiger partial charge in [0.1, 0.15) is 5.75 Å². The number of hydrogen-bond donors (Lipinski definition) is 1. The van der Waals surface area contributed by atoms with Crippen LogP contribution >= 0.6 is 0 Å². The van der Waals surface area contributed by atoms with Crippen molar-refractivity contribution in [3.8, 4) is 5.75 Å². The zero-order chi connectivity index (χ0) is 39.3. The summed E-state index contributed by atoms with van der Waals surface area (Å²) in [7, 11) is 1.63. The van der Waals surface area contributed by atoms with Crippen molar-refractivity contribution in [2.45, 2.75) is 87.7 Å². The first kappa shape index (κ1) is 40.2. The fourth-order valence-corrected chi connectivity index (χ4v) is 7.85. The second-order valence-electron chi connectivity index (χ2n) is 13.7. The van der Waals surface area contributed by atoms with E-state index in [-0.39, 0.29) is 57.5 Å². The number of rotatable bonds is 11. The number of aliphatic imine (C=N–C) groups is 1. The normalized spacial score (nSPS) is 20.6. The molecule has 2 saturated heterocycles. The third-order valence-corrected chi connectivity index (χ3v) is 10.4. The molecule has 0 aliphatic carbocycles. The molecule has 1 N–H and O–H groups in total.